The Morgan fingerprint density at radius 1 is 1.31 bits per heavy atom. The molecule has 0 aliphatic carbocycles. The van der Waals surface area contributed by atoms with E-state index in [1.54, 1.807) is 18.3 Å². The van der Waals surface area contributed by atoms with Crippen molar-refractivity contribution in [1.29, 1.82) is 0 Å². The number of aromatic nitrogens is 1. The standard InChI is InChI=1S/C10H9NO2/c1-13-10-9-7(5-6-11-10)3-2-4-8(9)12/h2-6,12H,1H3. The molecule has 0 aliphatic heterocycles. The molecule has 0 spiro atoms. The minimum absolute atomic E-state index is 0.197. The van der Waals surface area contributed by atoms with E-state index in [0.717, 1.165) is 5.39 Å². The minimum atomic E-state index is 0.197. The van der Waals surface area contributed by atoms with E-state index in [2.05, 4.69) is 4.98 Å². The summed E-state index contributed by atoms with van der Waals surface area (Å²) < 4.78 is 5.04. The van der Waals surface area contributed by atoms with Crippen molar-refractivity contribution >= 4 is 10.8 Å². The Bertz CT molecular complexity index is 435. The highest BCUT2D eigenvalue weighted by Crippen LogP contribution is 2.30. The summed E-state index contributed by atoms with van der Waals surface area (Å²) in [5.41, 5.74) is 0. The fourth-order valence-electron chi connectivity index (χ4n) is 1.33. The van der Waals surface area contributed by atoms with Crippen LogP contribution in [-0.4, -0.2) is 17.2 Å². The van der Waals surface area contributed by atoms with Gasteiger partial charge >= 0.3 is 0 Å². The van der Waals surface area contributed by atoms with E-state index in [9.17, 15) is 5.11 Å². The number of hydrogen-bond donors (Lipinski definition) is 1. The lowest BCUT2D eigenvalue weighted by atomic mass is 10.1. The monoisotopic (exact) mass is 175 g/mol. The van der Waals surface area contributed by atoms with Gasteiger partial charge in [-0.3, -0.25) is 0 Å². The molecule has 1 aromatic heterocycles. The number of pyridine rings is 1. The number of aromatic hydroxyl groups is 1. The average Bonchev–Trinajstić information content (AvgIpc) is 2.17. The third-order valence-corrected chi connectivity index (χ3v) is 1.93. The first-order chi connectivity index (χ1) is 6.33. The van der Waals surface area contributed by atoms with Crippen molar-refractivity contribution in [1.82, 2.24) is 4.98 Å². The molecule has 13 heavy (non-hydrogen) atoms. The van der Waals surface area contributed by atoms with Gasteiger partial charge in [0.2, 0.25) is 5.88 Å². The molecule has 0 fully saturated rings. The second-order valence-electron chi connectivity index (χ2n) is 2.70. The quantitative estimate of drug-likeness (QED) is 0.720. The Labute approximate surface area is 75.6 Å². The first kappa shape index (κ1) is 7.86. The number of fused-ring (bicyclic) bond motifs is 1. The van der Waals surface area contributed by atoms with E-state index < -0.39 is 0 Å². The van der Waals surface area contributed by atoms with Gasteiger partial charge in [-0.1, -0.05) is 12.1 Å². The summed E-state index contributed by atoms with van der Waals surface area (Å²) in [4.78, 5) is 4.00. The van der Waals surface area contributed by atoms with Crippen LogP contribution in [0.25, 0.3) is 10.8 Å². The summed E-state index contributed by atoms with van der Waals surface area (Å²) in [7, 11) is 1.54. The van der Waals surface area contributed by atoms with Gasteiger partial charge in [0.05, 0.1) is 12.5 Å². The van der Waals surface area contributed by atoms with E-state index in [0.29, 0.717) is 11.3 Å². The summed E-state index contributed by atoms with van der Waals surface area (Å²) in [6.45, 7) is 0. The minimum Gasteiger partial charge on any atom is -0.507 e. The van der Waals surface area contributed by atoms with Crippen molar-refractivity contribution in [3.05, 3.63) is 30.5 Å². The Hall–Kier alpha value is -1.77. The third kappa shape index (κ3) is 1.18. The van der Waals surface area contributed by atoms with Gasteiger partial charge in [-0.25, -0.2) is 4.98 Å². The number of phenolic OH excluding ortho intramolecular Hbond substituents is 1. The van der Waals surface area contributed by atoms with Gasteiger partial charge in [0.1, 0.15) is 5.75 Å². The molecule has 1 heterocycles. The Kier molecular flexibility index (Phi) is 1.77. The second kappa shape index (κ2) is 2.94. The summed E-state index contributed by atoms with van der Waals surface area (Å²) >= 11 is 0. The predicted molar refractivity (Wildman–Crippen MR) is 50.0 cm³/mol. The van der Waals surface area contributed by atoms with Crippen LogP contribution in [0.5, 0.6) is 11.6 Å². The molecule has 3 nitrogen and oxygen atoms in total. The van der Waals surface area contributed by atoms with Crippen LogP contribution in [-0.2, 0) is 0 Å². The SMILES string of the molecule is COc1nccc2cccc(O)c12. The van der Waals surface area contributed by atoms with Crippen molar-refractivity contribution < 1.29 is 9.84 Å². The van der Waals surface area contributed by atoms with E-state index in [4.69, 9.17) is 4.74 Å². The molecule has 0 atom stereocenters. The van der Waals surface area contributed by atoms with E-state index in [1.165, 1.54) is 7.11 Å². The molecule has 0 saturated carbocycles. The fourth-order valence-corrected chi connectivity index (χ4v) is 1.33. The summed E-state index contributed by atoms with van der Waals surface area (Å²) in [6, 6.07) is 7.14. The van der Waals surface area contributed by atoms with Gasteiger partial charge < -0.3 is 9.84 Å². The topological polar surface area (TPSA) is 42.4 Å². The zero-order valence-electron chi connectivity index (χ0n) is 7.19. The van der Waals surface area contributed by atoms with Crippen LogP contribution >= 0.6 is 0 Å². The molecule has 2 rings (SSSR count). The first-order valence-electron chi connectivity index (χ1n) is 3.93. The van der Waals surface area contributed by atoms with Crippen LogP contribution in [0.15, 0.2) is 30.5 Å². The number of hydrogen-bond acceptors (Lipinski definition) is 3. The van der Waals surface area contributed by atoms with Gasteiger partial charge in [-0.2, -0.15) is 0 Å². The van der Waals surface area contributed by atoms with Crippen LogP contribution in [0, 0.1) is 0 Å². The van der Waals surface area contributed by atoms with Crippen LogP contribution in [0.2, 0.25) is 0 Å². The first-order valence-corrected chi connectivity index (χ1v) is 3.93. The molecule has 1 N–H and O–H groups in total. The second-order valence-corrected chi connectivity index (χ2v) is 2.70. The molecular weight excluding hydrogens is 166 g/mol. The molecule has 0 saturated heterocycles. The van der Waals surface area contributed by atoms with Crippen LogP contribution in [0.4, 0.5) is 0 Å². The van der Waals surface area contributed by atoms with Crippen molar-refractivity contribution in [2.45, 2.75) is 0 Å². The van der Waals surface area contributed by atoms with Gasteiger partial charge in [-0.15, -0.1) is 0 Å². The van der Waals surface area contributed by atoms with Gasteiger partial charge in [0.15, 0.2) is 0 Å². The molecule has 0 amide bonds. The Morgan fingerprint density at radius 2 is 2.15 bits per heavy atom. The highest BCUT2D eigenvalue weighted by atomic mass is 16.5. The van der Waals surface area contributed by atoms with Crippen LogP contribution < -0.4 is 4.74 Å². The maximum atomic E-state index is 9.56. The summed E-state index contributed by atoms with van der Waals surface area (Å²) in [5.74, 6) is 0.651. The fraction of sp³-hybridized carbons (Fsp3) is 0.100. The number of ether oxygens (including phenoxy) is 1. The van der Waals surface area contributed by atoms with Crippen LogP contribution in [0.1, 0.15) is 0 Å². The highest BCUT2D eigenvalue weighted by molar-refractivity contribution is 5.91. The number of benzene rings is 1. The van der Waals surface area contributed by atoms with Crippen LogP contribution in [0.3, 0.4) is 0 Å². The van der Waals surface area contributed by atoms with Crippen molar-refractivity contribution in [2.75, 3.05) is 7.11 Å². The van der Waals surface area contributed by atoms with Gasteiger partial charge in [0, 0.05) is 6.20 Å². The highest BCUT2D eigenvalue weighted by Gasteiger charge is 2.05. The van der Waals surface area contributed by atoms with Crippen molar-refractivity contribution in [2.24, 2.45) is 0 Å². The molecule has 3 heteroatoms. The normalized spacial score (nSPS) is 10.2. The van der Waals surface area contributed by atoms with Gasteiger partial charge in [0.25, 0.3) is 0 Å². The van der Waals surface area contributed by atoms with Crippen molar-refractivity contribution in [3.8, 4) is 11.6 Å². The van der Waals surface area contributed by atoms with Crippen molar-refractivity contribution in [3.63, 3.8) is 0 Å². The van der Waals surface area contributed by atoms with Gasteiger partial charge in [-0.05, 0) is 17.5 Å². The smallest absolute Gasteiger partial charge is 0.224 e. The number of phenols is 1. The lowest BCUT2D eigenvalue weighted by Gasteiger charge is -2.04. The number of rotatable bonds is 1. The third-order valence-electron chi connectivity index (χ3n) is 1.93. The molecule has 2 aromatic rings. The molecular formula is C10H9NO2. The predicted octanol–water partition coefficient (Wildman–Crippen LogP) is 1.95. The zero-order valence-corrected chi connectivity index (χ0v) is 7.19. The number of nitrogens with zero attached hydrogens (tertiary/aromatic N) is 1. The van der Waals surface area contributed by atoms with E-state index in [1.807, 2.05) is 12.1 Å². The molecule has 1 aromatic carbocycles. The summed E-state index contributed by atoms with van der Waals surface area (Å²) in [6.07, 6.45) is 1.65. The molecule has 0 bridgehead atoms. The zero-order chi connectivity index (χ0) is 9.26. The molecule has 0 aliphatic rings. The molecule has 0 unspecified atom stereocenters. The maximum absolute atomic E-state index is 9.56. The molecule has 0 radical (unpaired) electrons. The molecule has 66 valence electrons. The average molecular weight is 175 g/mol. The van der Waals surface area contributed by atoms with E-state index >= 15 is 0 Å². The summed E-state index contributed by atoms with van der Waals surface area (Å²) in [5, 5.41) is 11.1. The number of methoxy groups -OCH3 is 1. The lowest BCUT2D eigenvalue weighted by molar-refractivity contribution is 0.400. The maximum Gasteiger partial charge on any atom is 0.224 e. The lowest BCUT2D eigenvalue weighted by Crippen LogP contribution is -1.88. The Balaban J connectivity index is 2.87. The van der Waals surface area contributed by atoms with E-state index in [-0.39, 0.29) is 5.75 Å². The Morgan fingerprint density at radius 3 is 2.92 bits per heavy atom. The largest absolute Gasteiger partial charge is 0.507 e.